The molecule has 28 heavy (non-hydrogen) atoms. The lowest BCUT2D eigenvalue weighted by Gasteiger charge is -2.17. The first-order chi connectivity index (χ1) is 13.2. The Morgan fingerprint density at radius 3 is 2.32 bits per heavy atom. The predicted octanol–water partition coefficient (Wildman–Crippen LogP) is 4.55. The van der Waals surface area contributed by atoms with Crippen LogP contribution in [0.25, 0.3) is 0 Å². The number of amides is 1. The largest absolute Gasteiger partial charge is 0.496 e. The minimum atomic E-state index is -0.756. The van der Waals surface area contributed by atoms with E-state index in [2.05, 4.69) is 5.32 Å². The van der Waals surface area contributed by atoms with Crippen LogP contribution in [0.5, 0.6) is 11.5 Å². The number of ether oxygens (including phenoxy) is 3. The molecule has 0 aromatic heterocycles. The third kappa shape index (κ3) is 5.39. The lowest BCUT2D eigenvalue weighted by Crippen LogP contribution is -2.30. The molecule has 0 heterocycles. The van der Waals surface area contributed by atoms with Crippen molar-refractivity contribution < 1.29 is 23.8 Å². The molecule has 1 N–H and O–H groups in total. The van der Waals surface area contributed by atoms with E-state index in [1.165, 1.54) is 19.2 Å². The van der Waals surface area contributed by atoms with Gasteiger partial charge in [-0.05, 0) is 57.0 Å². The fraction of sp³-hybridized carbons (Fsp3) is 0.333. The van der Waals surface area contributed by atoms with Gasteiger partial charge in [0.15, 0.2) is 6.10 Å². The highest BCUT2D eigenvalue weighted by Gasteiger charge is 2.20. The van der Waals surface area contributed by atoms with Gasteiger partial charge in [0.2, 0.25) is 0 Å². The molecule has 7 heteroatoms. The highest BCUT2D eigenvalue weighted by Crippen LogP contribution is 2.31. The summed E-state index contributed by atoms with van der Waals surface area (Å²) in [4.78, 5) is 24.5. The van der Waals surface area contributed by atoms with Crippen LogP contribution >= 0.6 is 11.6 Å². The van der Waals surface area contributed by atoms with Gasteiger partial charge in [-0.25, -0.2) is 4.79 Å². The molecule has 2 rings (SSSR count). The maximum Gasteiger partial charge on any atom is 0.341 e. The van der Waals surface area contributed by atoms with Gasteiger partial charge < -0.3 is 19.5 Å². The summed E-state index contributed by atoms with van der Waals surface area (Å²) >= 11 is 6.23. The summed E-state index contributed by atoms with van der Waals surface area (Å²) in [7, 11) is 1.42. The number of halogens is 1. The van der Waals surface area contributed by atoms with E-state index in [0.29, 0.717) is 11.4 Å². The van der Waals surface area contributed by atoms with Crippen LogP contribution in [0, 0.1) is 13.8 Å². The number of esters is 1. The fourth-order valence-electron chi connectivity index (χ4n) is 2.68. The minimum absolute atomic E-state index is 0.187. The average Bonchev–Trinajstić information content (AvgIpc) is 2.62. The Labute approximate surface area is 169 Å². The summed E-state index contributed by atoms with van der Waals surface area (Å²) in [6.07, 6.45) is -0.756. The van der Waals surface area contributed by atoms with E-state index in [1.807, 2.05) is 32.0 Å². The number of carbonyl (C=O) groups excluding carboxylic acids is 2. The van der Waals surface area contributed by atoms with E-state index in [4.69, 9.17) is 25.8 Å². The minimum Gasteiger partial charge on any atom is -0.496 e. The van der Waals surface area contributed by atoms with Crippen molar-refractivity contribution >= 4 is 29.2 Å². The highest BCUT2D eigenvalue weighted by atomic mass is 35.5. The standard InChI is InChI=1S/C21H24ClNO5/c1-6-27-21(25)16-10-17(22)18(11-19(16)26-5)23-20(24)14(4)28-15-8-12(2)7-13(3)9-15/h7-11,14H,6H2,1-5H3,(H,23,24). The van der Waals surface area contributed by atoms with Crippen molar-refractivity contribution in [2.24, 2.45) is 0 Å². The number of rotatable bonds is 7. The van der Waals surface area contributed by atoms with Gasteiger partial charge in [0.25, 0.3) is 5.91 Å². The maximum absolute atomic E-state index is 12.5. The molecule has 0 saturated carbocycles. The Kier molecular flexibility index (Phi) is 7.29. The molecular formula is C21H24ClNO5. The molecule has 0 aliphatic rings. The smallest absolute Gasteiger partial charge is 0.341 e. The number of hydrogen-bond acceptors (Lipinski definition) is 5. The van der Waals surface area contributed by atoms with Crippen LogP contribution in [0.4, 0.5) is 5.69 Å². The maximum atomic E-state index is 12.5. The van der Waals surface area contributed by atoms with Gasteiger partial charge >= 0.3 is 5.97 Å². The van der Waals surface area contributed by atoms with Crippen molar-refractivity contribution in [1.29, 1.82) is 0 Å². The van der Waals surface area contributed by atoms with Crippen LogP contribution in [-0.4, -0.2) is 31.7 Å². The second-order valence-electron chi connectivity index (χ2n) is 6.33. The Hall–Kier alpha value is -2.73. The second kappa shape index (κ2) is 9.46. The predicted molar refractivity (Wildman–Crippen MR) is 109 cm³/mol. The van der Waals surface area contributed by atoms with Crippen LogP contribution in [0.2, 0.25) is 5.02 Å². The molecule has 1 atom stereocenters. The van der Waals surface area contributed by atoms with Crippen molar-refractivity contribution in [1.82, 2.24) is 0 Å². The number of nitrogens with one attached hydrogen (secondary N) is 1. The Morgan fingerprint density at radius 2 is 1.75 bits per heavy atom. The third-order valence-electron chi connectivity index (χ3n) is 3.92. The quantitative estimate of drug-likeness (QED) is 0.684. The number of anilines is 1. The first-order valence-electron chi connectivity index (χ1n) is 8.85. The van der Waals surface area contributed by atoms with Crippen molar-refractivity contribution in [3.05, 3.63) is 52.0 Å². The van der Waals surface area contributed by atoms with Gasteiger partial charge in [0, 0.05) is 6.07 Å². The first-order valence-corrected chi connectivity index (χ1v) is 9.23. The lowest BCUT2D eigenvalue weighted by atomic mass is 10.1. The third-order valence-corrected chi connectivity index (χ3v) is 4.23. The molecule has 2 aromatic rings. The van der Waals surface area contributed by atoms with Crippen LogP contribution < -0.4 is 14.8 Å². The molecule has 150 valence electrons. The lowest BCUT2D eigenvalue weighted by molar-refractivity contribution is -0.122. The summed E-state index contributed by atoms with van der Waals surface area (Å²) in [6, 6.07) is 8.63. The summed E-state index contributed by atoms with van der Waals surface area (Å²) in [5.41, 5.74) is 2.59. The summed E-state index contributed by atoms with van der Waals surface area (Å²) in [6.45, 7) is 7.50. The Balaban J connectivity index is 2.17. The molecule has 0 radical (unpaired) electrons. The van der Waals surface area contributed by atoms with Crippen LogP contribution in [0.3, 0.4) is 0 Å². The molecule has 0 fully saturated rings. The number of benzene rings is 2. The van der Waals surface area contributed by atoms with E-state index < -0.39 is 12.1 Å². The highest BCUT2D eigenvalue weighted by molar-refractivity contribution is 6.34. The van der Waals surface area contributed by atoms with E-state index in [0.717, 1.165) is 11.1 Å². The summed E-state index contributed by atoms with van der Waals surface area (Å²) < 4.78 is 16.0. The Bertz CT molecular complexity index is 861. The second-order valence-corrected chi connectivity index (χ2v) is 6.73. The first kappa shape index (κ1) is 21.6. The molecule has 1 amide bonds. The van der Waals surface area contributed by atoms with E-state index >= 15 is 0 Å². The molecule has 0 aliphatic carbocycles. The number of methoxy groups -OCH3 is 1. The van der Waals surface area contributed by atoms with E-state index in [1.54, 1.807) is 13.8 Å². The van der Waals surface area contributed by atoms with E-state index in [-0.39, 0.29) is 28.8 Å². The van der Waals surface area contributed by atoms with Crippen molar-refractivity contribution in [2.75, 3.05) is 19.0 Å². The molecule has 2 aromatic carbocycles. The van der Waals surface area contributed by atoms with Crippen LogP contribution in [-0.2, 0) is 9.53 Å². The van der Waals surface area contributed by atoms with Gasteiger partial charge in [-0.3, -0.25) is 4.79 Å². The fourth-order valence-corrected chi connectivity index (χ4v) is 2.89. The zero-order chi connectivity index (χ0) is 20.8. The van der Waals surface area contributed by atoms with Gasteiger partial charge in [-0.2, -0.15) is 0 Å². The topological polar surface area (TPSA) is 73.9 Å². The van der Waals surface area contributed by atoms with Gasteiger partial charge in [-0.1, -0.05) is 17.7 Å². The number of carbonyl (C=O) groups is 2. The average molecular weight is 406 g/mol. The number of aryl methyl sites for hydroxylation is 2. The molecule has 0 aliphatic heterocycles. The molecule has 6 nitrogen and oxygen atoms in total. The summed E-state index contributed by atoms with van der Waals surface area (Å²) in [5, 5.41) is 2.89. The molecule has 0 saturated heterocycles. The summed E-state index contributed by atoms with van der Waals surface area (Å²) in [5.74, 6) is -0.0693. The molecular weight excluding hydrogens is 382 g/mol. The van der Waals surface area contributed by atoms with Crippen LogP contribution in [0.15, 0.2) is 30.3 Å². The van der Waals surface area contributed by atoms with Gasteiger partial charge in [-0.15, -0.1) is 0 Å². The van der Waals surface area contributed by atoms with Crippen LogP contribution in [0.1, 0.15) is 35.3 Å². The zero-order valence-corrected chi connectivity index (χ0v) is 17.3. The monoisotopic (exact) mass is 405 g/mol. The molecule has 1 unspecified atom stereocenters. The van der Waals surface area contributed by atoms with Gasteiger partial charge in [0.1, 0.15) is 17.1 Å². The molecule has 0 spiro atoms. The van der Waals surface area contributed by atoms with Crippen molar-refractivity contribution in [3.63, 3.8) is 0 Å². The number of hydrogen-bond donors (Lipinski definition) is 1. The van der Waals surface area contributed by atoms with Crippen molar-refractivity contribution in [2.45, 2.75) is 33.8 Å². The Morgan fingerprint density at radius 1 is 1.11 bits per heavy atom. The molecule has 0 bridgehead atoms. The van der Waals surface area contributed by atoms with E-state index in [9.17, 15) is 9.59 Å². The zero-order valence-electron chi connectivity index (χ0n) is 16.6. The SMILES string of the molecule is CCOC(=O)c1cc(Cl)c(NC(=O)C(C)Oc2cc(C)cc(C)c2)cc1OC. The van der Waals surface area contributed by atoms with Crippen molar-refractivity contribution in [3.8, 4) is 11.5 Å². The normalized spacial score (nSPS) is 11.5. The van der Waals surface area contributed by atoms with Gasteiger partial charge in [0.05, 0.1) is 24.4 Å².